The third-order valence-electron chi connectivity index (χ3n) is 6.55. The summed E-state index contributed by atoms with van der Waals surface area (Å²) in [7, 11) is 0. The number of urea groups is 1. The highest BCUT2D eigenvalue weighted by atomic mass is 19.4. The monoisotopic (exact) mass is 317 g/mol. The Hall–Kier alpha value is -0.980. The van der Waals surface area contributed by atoms with Crippen molar-refractivity contribution in [1.29, 1.82) is 0 Å². The number of amides is 2. The number of carbonyl (C=O) groups excluding carboxylic acids is 1. The number of nitrogens with zero attached hydrogens (tertiary/aromatic N) is 1. The molecule has 0 radical (unpaired) electrons. The van der Waals surface area contributed by atoms with E-state index in [1.54, 1.807) is 4.90 Å². The number of halogens is 3. The van der Waals surface area contributed by atoms with Crippen LogP contribution in [0, 0.1) is 16.2 Å². The highest BCUT2D eigenvalue weighted by molar-refractivity contribution is 5.75. The third kappa shape index (κ3) is 1.83. The van der Waals surface area contributed by atoms with Crippen LogP contribution in [-0.4, -0.2) is 49.8 Å². The minimum absolute atomic E-state index is 0.0147. The number of rotatable bonds is 2. The molecule has 0 unspecified atom stereocenters. The topological polar surface area (TPSA) is 44.4 Å². The number of nitrogens with one attached hydrogen (secondary N) is 2. The second-order valence-corrected chi connectivity index (χ2v) is 7.86. The molecule has 0 aromatic rings. The molecule has 2 N–H and O–H groups in total. The molecule has 2 amide bonds. The number of fused-ring (bicyclic) bond motifs is 1. The summed E-state index contributed by atoms with van der Waals surface area (Å²) >= 11 is 0. The minimum atomic E-state index is -4.19. The van der Waals surface area contributed by atoms with Gasteiger partial charge < -0.3 is 15.5 Å². The molecule has 0 aromatic carbocycles. The lowest BCUT2D eigenvalue weighted by molar-refractivity contribution is -0.190. The van der Waals surface area contributed by atoms with Crippen molar-refractivity contribution in [3.05, 3.63) is 0 Å². The van der Waals surface area contributed by atoms with Crippen LogP contribution in [0.15, 0.2) is 0 Å². The van der Waals surface area contributed by atoms with Gasteiger partial charge in [-0.05, 0) is 19.3 Å². The first kappa shape index (κ1) is 14.6. The maximum atomic E-state index is 13.2. The van der Waals surface area contributed by atoms with Crippen molar-refractivity contribution < 1.29 is 18.0 Å². The summed E-state index contributed by atoms with van der Waals surface area (Å²) < 4.78 is 39.7. The Bertz CT molecular complexity index is 495. The molecule has 4 rings (SSSR count). The Balaban J connectivity index is 1.32. The van der Waals surface area contributed by atoms with Gasteiger partial charge in [0.2, 0.25) is 0 Å². The van der Waals surface area contributed by atoms with Crippen molar-refractivity contribution in [2.45, 2.75) is 38.3 Å². The summed E-state index contributed by atoms with van der Waals surface area (Å²) in [6.45, 7) is 2.00. The summed E-state index contributed by atoms with van der Waals surface area (Å²) in [6, 6.07) is -0.193. The maximum absolute atomic E-state index is 13.2. The van der Waals surface area contributed by atoms with Crippen molar-refractivity contribution in [1.82, 2.24) is 15.5 Å². The largest absolute Gasteiger partial charge is 0.396 e. The molecule has 0 bridgehead atoms. The molecule has 2 aliphatic heterocycles. The first-order valence-corrected chi connectivity index (χ1v) is 8.12. The van der Waals surface area contributed by atoms with Crippen molar-refractivity contribution >= 4 is 6.03 Å². The van der Waals surface area contributed by atoms with E-state index >= 15 is 0 Å². The fourth-order valence-electron chi connectivity index (χ4n) is 5.03. The van der Waals surface area contributed by atoms with E-state index in [2.05, 4.69) is 10.6 Å². The molecule has 2 heterocycles. The van der Waals surface area contributed by atoms with Gasteiger partial charge in [0, 0.05) is 43.6 Å². The van der Waals surface area contributed by atoms with Gasteiger partial charge in [0.25, 0.3) is 0 Å². The normalized spacial score (nSPS) is 38.8. The van der Waals surface area contributed by atoms with Crippen LogP contribution < -0.4 is 10.6 Å². The van der Waals surface area contributed by atoms with Crippen molar-refractivity contribution in [3.8, 4) is 0 Å². The number of piperidine rings is 1. The fraction of sp³-hybridized carbons (Fsp3) is 0.933. The number of hydrogen-bond donors (Lipinski definition) is 2. The Morgan fingerprint density at radius 3 is 2.45 bits per heavy atom. The molecular weight excluding hydrogens is 295 g/mol. The smallest absolute Gasteiger partial charge is 0.337 e. The van der Waals surface area contributed by atoms with E-state index in [0.29, 0.717) is 12.0 Å². The summed E-state index contributed by atoms with van der Waals surface area (Å²) in [5.74, 6) is 0. The van der Waals surface area contributed by atoms with Crippen molar-refractivity contribution in [2.75, 3.05) is 32.7 Å². The second-order valence-electron chi connectivity index (χ2n) is 7.86. The second kappa shape index (κ2) is 4.30. The first-order valence-electron chi connectivity index (χ1n) is 8.12. The zero-order valence-electron chi connectivity index (χ0n) is 12.6. The molecule has 124 valence electrons. The molecule has 0 aromatic heterocycles. The van der Waals surface area contributed by atoms with Crippen LogP contribution >= 0.6 is 0 Å². The summed E-state index contributed by atoms with van der Waals surface area (Å²) in [6.07, 6.45) is 0.785. The molecule has 4 fully saturated rings. The van der Waals surface area contributed by atoms with Crippen LogP contribution in [0.25, 0.3) is 0 Å². The Labute approximate surface area is 127 Å². The molecule has 2 saturated carbocycles. The van der Waals surface area contributed by atoms with E-state index in [1.165, 1.54) is 25.7 Å². The Morgan fingerprint density at radius 2 is 1.86 bits per heavy atom. The predicted molar refractivity (Wildman–Crippen MR) is 74.3 cm³/mol. The molecule has 4 nitrogen and oxygen atoms in total. The lowest BCUT2D eigenvalue weighted by atomic mass is 9.78. The molecule has 7 heteroatoms. The zero-order valence-corrected chi connectivity index (χ0v) is 12.6. The van der Waals surface area contributed by atoms with E-state index in [4.69, 9.17) is 0 Å². The summed E-state index contributed by atoms with van der Waals surface area (Å²) in [5, 5.41) is 5.60. The number of alkyl halides is 3. The summed E-state index contributed by atoms with van der Waals surface area (Å²) in [4.78, 5) is 13.9. The molecular formula is C15H22F3N3O. The molecule has 4 aliphatic rings. The SMILES string of the molecule is O=C(NC[C@]12CNC[C@@]1(C(F)(F)F)C2)N1CC2(CCCC2)C1. The van der Waals surface area contributed by atoms with E-state index < -0.39 is 17.0 Å². The molecule has 2 saturated heterocycles. The predicted octanol–water partition coefficient (Wildman–Crippen LogP) is 2.11. The van der Waals surface area contributed by atoms with Gasteiger partial charge in [0.15, 0.2) is 0 Å². The molecule has 1 spiro atoms. The lowest BCUT2D eigenvalue weighted by Crippen LogP contribution is -2.60. The van der Waals surface area contributed by atoms with E-state index in [-0.39, 0.29) is 25.5 Å². The lowest BCUT2D eigenvalue weighted by Gasteiger charge is -2.48. The molecule has 22 heavy (non-hydrogen) atoms. The number of likely N-dealkylation sites (tertiary alicyclic amines) is 1. The molecule has 2 atom stereocenters. The summed E-state index contributed by atoms with van der Waals surface area (Å²) in [5.41, 5.74) is -2.12. The van der Waals surface area contributed by atoms with E-state index in [1.807, 2.05) is 0 Å². The third-order valence-corrected chi connectivity index (χ3v) is 6.55. The van der Waals surface area contributed by atoms with Gasteiger partial charge in [-0.2, -0.15) is 13.2 Å². The van der Waals surface area contributed by atoms with Crippen LogP contribution in [0.1, 0.15) is 32.1 Å². The van der Waals surface area contributed by atoms with Crippen molar-refractivity contribution in [3.63, 3.8) is 0 Å². The van der Waals surface area contributed by atoms with Gasteiger partial charge in [0.1, 0.15) is 0 Å². The Kier molecular flexibility index (Phi) is 2.86. The first-order chi connectivity index (χ1) is 10.3. The van der Waals surface area contributed by atoms with Crippen LogP contribution in [0.4, 0.5) is 18.0 Å². The van der Waals surface area contributed by atoms with Gasteiger partial charge in [-0.15, -0.1) is 0 Å². The highest BCUT2D eigenvalue weighted by Gasteiger charge is 2.81. The maximum Gasteiger partial charge on any atom is 0.396 e. The quantitative estimate of drug-likeness (QED) is 0.819. The number of hydrogen-bond acceptors (Lipinski definition) is 2. The van der Waals surface area contributed by atoms with Gasteiger partial charge in [0.05, 0.1) is 5.41 Å². The van der Waals surface area contributed by atoms with Gasteiger partial charge in [-0.3, -0.25) is 0 Å². The highest BCUT2D eigenvalue weighted by Crippen LogP contribution is 2.72. The van der Waals surface area contributed by atoms with Gasteiger partial charge >= 0.3 is 12.2 Å². The van der Waals surface area contributed by atoms with Gasteiger partial charge in [-0.25, -0.2) is 4.79 Å². The zero-order chi connectivity index (χ0) is 15.6. The Morgan fingerprint density at radius 1 is 1.18 bits per heavy atom. The fourth-order valence-corrected chi connectivity index (χ4v) is 5.03. The van der Waals surface area contributed by atoms with Crippen LogP contribution in [0.3, 0.4) is 0 Å². The van der Waals surface area contributed by atoms with Crippen LogP contribution in [-0.2, 0) is 0 Å². The van der Waals surface area contributed by atoms with E-state index in [9.17, 15) is 18.0 Å². The van der Waals surface area contributed by atoms with E-state index in [0.717, 1.165) is 13.1 Å². The van der Waals surface area contributed by atoms with Gasteiger partial charge in [-0.1, -0.05) is 12.8 Å². The van der Waals surface area contributed by atoms with Crippen LogP contribution in [0.2, 0.25) is 0 Å². The minimum Gasteiger partial charge on any atom is -0.337 e. The van der Waals surface area contributed by atoms with Crippen molar-refractivity contribution in [2.24, 2.45) is 16.2 Å². The van der Waals surface area contributed by atoms with Crippen LogP contribution in [0.5, 0.6) is 0 Å². The average molecular weight is 317 g/mol. The number of carbonyl (C=O) groups is 1. The molecule has 2 aliphatic carbocycles. The standard InChI is InChI=1S/C15H22F3N3O/c16-15(17,18)14-5-13(14,6-19-8-14)7-20-11(22)21-9-12(10-21)3-1-2-4-12/h19H,1-10H2,(H,20,22)/t13-,14-/m0/s1. The average Bonchev–Trinajstić information content (AvgIpc) is 2.80.